The smallest absolute Gasteiger partial charge is 0.411 e. The van der Waals surface area contributed by atoms with E-state index in [1.807, 2.05) is 4.90 Å². The van der Waals surface area contributed by atoms with Gasteiger partial charge in [-0.3, -0.25) is 4.90 Å². The molecule has 4 heteroatoms. The zero-order valence-corrected chi connectivity index (χ0v) is 14.9. The maximum Gasteiger partial charge on any atom is 0.411 e. The monoisotopic (exact) mass is 326 g/mol. The van der Waals surface area contributed by atoms with Crippen molar-refractivity contribution in [3.05, 3.63) is 41.0 Å². The summed E-state index contributed by atoms with van der Waals surface area (Å²) in [6.07, 6.45) is 4.89. The normalized spacial score (nSPS) is 31.0. The molecule has 1 saturated carbocycles. The molecule has 3 aliphatic rings. The van der Waals surface area contributed by atoms with E-state index in [1.54, 1.807) is 0 Å². The van der Waals surface area contributed by atoms with Gasteiger partial charge < -0.3 is 10.1 Å². The first-order chi connectivity index (χ1) is 11.5. The van der Waals surface area contributed by atoms with E-state index in [0.717, 1.165) is 32.1 Å². The molecular weight excluding hydrogens is 300 g/mol. The zero-order valence-electron chi connectivity index (χ0n) is 14.9. The summed E-state index contributed by atoms with van der Waals surface area (Å²) in [5, 5.41) is 3.78. The summed E-state index contributed by atoms with van der Waals surface area (Å²) < 4.78 is 5.13. The molecule has 1 saturated heterocycles. The Bertz CT molecular complexity index is 741. The number of hydrogen-bond acceptors (Lipinski definition) is 3. The summed E-state index contributed by atoms with van der Waals surface area (Å²) in [6, 6.07) is 4.47. The molecule has 0 bridgehead atoms. The fourth-order valence-electron chi connectivity index (χ4n) is 5.62. The minimum Gasteiger partial charge on any atom is -0.453 e. The minimum absolute atomic E-state index is 0.190. The molecular formula is C20H26N2O2. The number of nitrogens with zero attached hydrogens (tertiary/aromatic N) is 1. The Morgan fingerprint density at radius 3 is 2.83 bits per heavy atom. The van der Waals surface area contributed by atoms with Gasteiger partial charge in [0.1, 0.15) is 5.66 Å². The molecule has 0 radical (unpaired) electrons. The zero-order chi connectivity index (χ0) is 17.1. The summed E-state index contributed by atoms with van der Waals surface area (Å²) in [5.41, 5.74) is 5.73. The van der Waals surface area contributed by atoms with E-state index in [1.165, 1.54) is 35.1 Å². The van der Waals surface area contributed by atoms with Crippen LogP contribution in [0.4, 0.5) is 10.5 Å². The quantitative estimate of drug-likeness (QED) is 0.724. The SMILES string of the molecule is C=C1CCCC[C@]23Nc4cc(C)cc(C)c4[C@]12CCN3C(=O)OC. The van der Waals surface area contributed by atoms with Crippen molar-refractivity contribution in [1.82, 2.24) is 4.90 Å². The van der Waals surface area contributed by atoms with Gasteiger partial charge in [0, 0.05) is 12.2 Å². The van der Waals surface area contributed by atoms with Crippen LogP contribution in [0.25, 0.3) is 0 Å². The van der Waals surface area contributed by atoms with Crippen LogP contribution < -0.4 is 5.32 Å². The first-order valence-corrected chi connectivity index (χ1v) is 8.90. The van der Waals surface area contributed by atoms with Gasteiger partial charge in [-0.25, -0.2) is 4.79 Å². The Labute approximate surface area is 143 Å². The van der Waals surface area contributed by atoms with Crippen molar-refractivity contribution in [1.29, 1.82) is 0 Å². The molecule has 0 spiro atoms. The number of likely N-dealkylation sites (tertiary alicyclic amines) is 1. The number of benzene rings is 1. The van der Waals surface area contributed by atoms with Gasteiger partial charge >= 0.3 is 6.09 Å². The molecule has 2 aliphatic heterocycles. The van der Waals surface area contributed by atoms with E-state index in [0.29, 0.717) is 6.54 Å². The summed E-state index contributed by atoms with van der Waals surface area (Å²) in [6.45, 7) is 9.54. The number of rotatable bonds is 0. The van der Waals surface area contributed by atoms with Crippen molar-refractivity contribution in [3.8, 4) is 0 Å². The van der Waals surface area contributed by atoms with Crippen molar-refractivity contribution in [2.75, 3.05) is 19.0 Å². The molecule has 1 N–H and O–H groups in total. The molecule has 0 unspecified atom stereocenters. The van der Waals surface area contributed by atoms with E-state index < -0.39 is 5.66 Å². The molecule has 4 nitrogen and oxygen atoms in total. The van der Waals surface area contributed by atoms with Gasteiger partial charge in [0.05, 0.1) is 12.5 Å². The van der Waals surface area contributed by atoms with E-state index in [4.69, 9.17) is 4.74 Å². The highest BCUT2D eigenvalue weighted by Crippen LogP contribution is 2.63. The fourth-order valence-corrected chi connectivity index (χ4v) is 5.62. The largest absolute Gasteiger partial charge is 0.453 e. The number of ether oxygens (including phenoxy) is 1. The number of anilines is 1. The standard InChI is InChI=1S/C20H26N2O2/c1-13-11-14(2)17-16(12-13)21-20-8-6-5-7-15(3)19(17,20)9-10-22(20)18(23)24-4/h11-12,21H,3,5-10H2,1-2,4H3/t19-,20+/m0/s1. The van der Waals surface area contributed by atoms with Crippen molar-refractivity contribution in [2.24, 2.45) is 0 Å². The summed E-state index contributed by atoms with van der Waals surface area (Å²) in [7, 11) is 1.47. The number of methoxy groups -OCH3 is 1. The number of fused-ring (bicyclic) bond motifs is 1. The van der Waals surface area contributed by atoms with E-state index in [-0.39, 0.29) is 11.5 Å². The topological polar surface area (TPSA) is 41.6 Å². The van der Waals surface area contributed by atoms with Gasteiger partial charge in [-0.05, 0) is 68.7 Å². The molecule has 2 fully saturated rings. The van der Waals surface area contributed by atoms with Crippen LogP contribution in [0.1, 0.15) is 48.8 Å². The molecule has 1 amide bonds. The third-order valence-corrected chi connectivity index (χ3v) is 6.39. The lowest BCUT2D eigenvalue weighted by Gasteiger charge is -2.45. The summed E-state index contributed by atoms with van der Waals surface area (Å²) >= 11 is 0. The van der Waals surface area contributed by atoms with Crippen molar-refractivity contribution in [2.45, 2.75) is 57.0 Å². The Hall–Kier alpha value is -1.97. The van der Waals surface area contributed by atoms with Crippen LogP contribution in [0.15, 0.2) is 24.3 Å². The van der Waals surface area contributed by atoms with Gasteiger partial charge in [0.25, 0.3) is 0 Å². The molecule has 2 atom stereocenters. The van der Waals surface area contributed by atoms with Crippen LogP contribution in [0.5, 0.6) is 0 Å². The maximum absolute atomic E-state index is 12.6. The van der Waals surface area contributed by atoms with Gasteiger partial charge in [-0.1, -0.05) is 18.2 Å². The molecule has 24 heavy (non-hydrogen) atoms. The lowest BCUT2D eigenvalue weighted by molar-refractivity contribution is 0.0809. The lowest BCUT2D eigenvalue weighted by Crippen LogP contribution is -2.59. The molecule has 0 aromatic heterocycles. The van der Waals surface area contributed by atoms with Crippen LogP contribution >= 0.6 is 0 Å². The van der Waals surface area contributed by atoms with E-state index >= 15 is 0 Å². The Kier molecular flexibility index (Phi) is 3.25. The van der Waals surface area contributed by atoms with Gasteiger partial charge in [-0.15, -0.1) is 0 Å². The second-order valence-electron chi connectivity index (χ2n) is 7.58. The highest BCUT2D eigenvalue weighted by Gasteiger charge is 2.67. The van der Waals surface area contributed by atoms with Crippen LogP contribution in [-0.4, -0.2) is 30.3 Å². The Morgan fingerprint density at radius 1 is 1.29 bits per heavy atom. The first-order valence-electron chi connectivity index (χ1n) is 8.90. The number of hydrogen-bond donors (Lipinski definition) is 1. The average Bonchev–Trinajstić information content (AvgIpc) is 2.95. The Morgan fingerprint density at radius 2 is 2.08 bits per heavy atom. The van der Waals surface area contributed by atoms with Crippen LogP contribution in [0.3, 0.4) is 0 Å². The highest BCUT2D eigenvalue weighted by molar-refractivity contribution is 5.78. The first kappa shape index (κ1) is 15.6. The van der Waals surface area contributed by atoms with Gasteiger partial charge in [0.2, 0.25) is 0 Å². The molecule has 1 aliphatic carbocycles. The van der Waals surface area contributed by atoms with Crippen molar-refractivity contribution >= 4 is 11.8 Å². The number of carbonyl (C=O) groups excluding carboxylic acids is 1. The van der Waals surface area contributed by atoms with Gasteiger partial charge in [-0.2, -0.15) is 0 Å². The molecule has 4 rings (SSSR count). The second-order valence-corrected chi connectivity index (χ2v) is 7.58. The number of amides is 1. The van der Waals surface area contributed by atoms with E-state index in [9.17, 15) is 4.79 Å². The van der Waals surface area contributed by atoms with Crippen LogP contribution in [0, 0.1) is 13.8 Å². The second kappa shape index (κ2) is 5.01. The number of carbonyl (C=O) groups is 1. The summed E-state index contributed by atoms with van der Waals surface area (Å²) in [5.74, 6) is 0. The number of nitrogens with one attached hydrogen (secondary N) is 1. The van der Waals surface area contributed by atoms with Crippen molar-refractivity contribution in [3.63, 3.8) is 0 Å². The molecule has 1 aromatic carbocycles. The maximum atomic E-state index is 12.6. The third kappa shape index (κ3) is 1.66. The number of aryl methyl sites for hydroxylation is 2. The highest BCUT2D eigenvalue weighted by atomic mass is 16.5. The molecule has 128 valence electrons. The minimum atomic E-state index is -0.422. The van der Waals surface area contributed by atoms with Crippen LogP contribution in [-0.2, 0) is 10.2 Å². The van der Waals surface area contributed by atoms with Crippen molar-refractivity contribution < 1.29 is 9.53 Å². The lowest BCUT2D eigenvalue weighted by atomic mass is 9.66. The summed E-state index contributed by atoms with van der Waals surface area (Å²) in [4.78, 5) is 14.5. The fraction of sp³-hybridized carbons (Fsp3) is 0.550. The third-order valence-electron chi connectivity index (χ3n) is 6.39. The predicted molar refractivity (Wildman–Crippen MR) is 95.3 cm³/mol. The van der Waals surface area contributed by atoms with Gasteiger partial charge in [0.15, 0.2) is 0 Å². The molecule has 1 aromatic rings. The van der Waals surface area contributed by atoms with Crippen LogP contribution in [0.2, 0.25) is 0 Å². The predicted octanol–water partition coefficient (Wildman–Crippen LogP) is 4.27. The molecule has 2 heterocycles. The van der Waals surface area contributed by atoms with E-state index in [2.05, 4.69) is 37.9 Å². The average molecular weight is 326 g/mol. The Balaban J connectivity index is 1.99.